The first-order valence-electron chi connectivity index (χ1n) is 0.730. The maximum atomic E-state index is 8.55. The van der Waals surface area contributed by atoms with Gasteiger partial charge in [0.2, 0.25) is 0 Å². The van der Waals surface area contributed by atoms with Gasteiger partial charge in [0.15, 0.2) is 0 Å². The van der Waals surface area contributed by atoms with Gasteiger partial charge in [0.05, 0.1) is 0 Å². The van der Waals surface area contributed by atoms with Gasteiger partial charge in [0.25, 0.3) is 0 Å². The van der Waals surface area contributed by atoms with Gasteiger partial charge in [-0.25, -0.2) is 0 Å². The molecule has 0 amide bonds. The summed E-state index contributed by atoms with van der Waals surface area (Å²) in [5.74, 6) is 0. The molecule has 0 aliphatic carbocycles. The first-order chi connectivity index (χ1) is 2.00. The van der Waals surface area contributed by atoms with E-state index in [-0.39, 0.29) is 67.9 Å². The summed E-state index contributed by atoms with van der Waals surface area (Å²) in [5.41, 5.74) is 0. The summed E-state index contributed by atoms with van der Waals surface area (Å²) in [4.78, 5) is 25.6. The molecule has 88 valence electrons. The van der Waals surface area contributed by atoms with Gasteiger partial charge >= 0.3 is 29.6 Å². The average molecular weight is 244 g/mol. The Morgan fingerprint density at radius 3 is 0.615 bits per heavy atom. The van der Waals surface area contributed by atoms with Crippen LogP contribution in [0.1, 0.15) is 0 Å². The second-order valence-corrected chi connectivity index (χ2v) is 1.34. The van der Waals surface area contributed by atoms with Crippen LogP contribution in [0.15, 0.2) is 0 Å². The zero-order valence-corrected chi connectivity index (χ0v) is 9.47. The Kier molecular flexibility index (Phi) is 289. The van der Waals surface area contributed by atoms with Crippen molar-refractivity contribution in [3.05, 3.63) is 0 Å². The van der Waals surface area contributed by atoms with Crippen molar-refractivity contribution in [2.45, 2.75) is 0 Å². The van der Waals surface area contributed by atoms with Crippen LogP contribution in [-0.4, -0.2) is 38.3 Å². The molecule has 0 rings (SSSR count). The van der Waals surface area contributed by atoms with Gasteiger partial charge in [-0.1, -0.05) is 0 Å². The summed E-state index contributed by atoms with van der Waals surface area (Å²) >= 11 is 0. The monoisotopic (exact) mass is 244 g/mol. The van der Waals surface area contributed by atoms with Crippen molar-refractivity contribution >= 4 is 7.82 Å². The number of hydrogen-bond donors (Lipinski definition) is 0. The number of phosphoric acid groups is 1. The first-order valence-corrected chi connectivity index (χ1v) is 2.19. The van der Waals surface area contributed by atoms with Crippen molar-refractivity contribution in [2.24, 2.45) is 0 Å². The van der Waals surface area contributed by atoms with E-state index in [9.17, 15) is 0 Å². The van der Waals surface area contributed by atoms with E-state index in [0.29, 0.717) is 0 Å². The van der Waals surface area contributed by atoms with E-state index in [1.54, 1.807) is 0 Å². The summed E-state index contributed by atoms with van der Waals surface area (Å²) in [6.07, 6.45) is 0. The molecule has 13 heavy (non-hydrogen) atoms. The summed E-state index contributed by atoms with van der Waals surface area (Å²) < 4.78 is 8.55. The van der Waals surface area contributed by atoms with Crippen LogP contribution in [0.4, 0.5) is 0 Å². The van der Waals surface area contributed by atoms with Crippen LogP contribution >= 0.6 is 7.82 Å². The van der Waals surface area contributed by atoms with E-state index in [4.69, 9.17) is 19.2 Å². The van der Waals surface area contributed by atoms with Crippen LogP contribution < -0.4 is 44.2 Å². The third-order valence-electron chi connectivity index (χ3n) is 0. The molecule has 0 radical (unpaired) electrons. The molecule has 0 bridgehead atoms. The Balaban J connectivity index is -0.00000000286. The molecule has 13 heteroatoms. The minimum Gasteiger partial charge on any atom is -0.822 e. The summed E-state index contributed by atoms with van der Waals surface area (Å²) in [5, 5.41) is 0. The van der Waals surface area contributed by atoms with Crippen molar-refractivity contribution in [2.75, 3.05) is 0 Å². The van der Waals surface area contributed by atoms with Crippen molar-refractivity contribution < 1.29 is 87.1 Å². The molecule has 0 spiro atoms. The van der Waals surface area contributed by atoms with Gasteiger partial charge < -0.3 is 57.6 Å². The van der Waals surface area contributed by atoms with Crippen LogP contribution in [0, 0.1) is 0 Å². The normalized spacial score (nSPS) is 4.54. The second kappa shape index (κ2) is 38.5. The van der Waals surface area contributed by atoms with Crippen molar-refractivity contribution in [1.82, 2.24) is 0 Å². The van der Waals surface area contributed by atoms with Crippen LogP contribution in [0.3, 0.4) is 0 Å². The predicted octanol–water partition coefficient (Wildman–Crippen LogP) is -11.6. The maximum absolute atomic E-state index is 8.55. The predicted molar refractivity (Wildman–Crippen MR) is 32.9 cm³/mol. The van der Waals surface area contributed by atoms with E-state index in [1.807, 2.05) is 0 Å². The molecular weight excluding hydrogens is 230 g/mol. The van der Waals surface area contributed by atoms with Gasteiger partial charge in [0, 0.05) is 0 Å². The summed E-state index contributed by atoms with van der Waals surface area (Å²) in [6.45, 7) is 0. The van der Waals surface area contributed by atoms with E-state index < -0.39 is 7.82 Å². The third kappa shape index (κ3) is 2180. The molecule has 11 nitrogen and oxygen atoms in total. The van der Waals surface area contributed by atoms with Crippen molar-refractivity contribution in [1.29, 1.82) is 0 Å². The Morgan fingerprint density at radius 2 is 0.615 bits per heavy atom. The fourth-order valence-corrected chi connectivity index (χ4v) is 0. The Bertz CT molecular complexity index is 56.2. The van der Waals surface area contributed by atoms with Crippen LogP contribution in [0.25, 0.3) is 0 Å². The van der Waals surface area contributed by atoms with Crippen molar-refractivity contribution in [3.8, 4) is 0 Å². The largest absolute Gasteiger partial charge is 1.00 e. The van der Waals surface area contributed by atoms with E-state index in [2.05, 4.69) is 0 Å². The fourth-order valence-electron chi connectivity index (χ4n) is 0. The third-order valence-corrected chi connectivity index (χ3v) is 0. The molecule has 0 aromatic rings. The van der Waals surface area contributed by atoms with Gasteiger partial charge in [-0.2, -0.15) is 7.82 Å². The zero-order chi connectivity index (χ0) is 4.50. The van der Waals surface area contributed by atoms with E-state index in [0.717, 1.165) is 0 Å². The number of hydrogen-bond acceptors (Lipinski definition) is 4. The Morgan fingerprint density at radius 1 is 0.615 bits per heavy atom. The maximum Gasteiger partial charge on any atom is 1.00 e. The molecule has 0 aromatic heterocycles. The van der Waals surface area contributed by atoms with Crippen LogP contribution in [0.2, 0.25) is 0 Å². The molecule has 0 heterocycles. The standard InChI is InChI=1S/Na.H3O4P.7H2O/c;1-5(2,3)4;;;;;;;/h;(H3,1,2,3,4);7*1H2/q+1;;;;;;;;/p-3. The molecule has 0 saturated carbocycles. The zero-order valence-electron chi connectivity index (χ0n) is 6.58. The minimum atomic E-state index is -5.39. The van der Waals surface area contributed by atoms with Crippen LogP contribution in [-0.2, 0) is 4.57 Å². The summed E-state index contributed by atoms with van der Waals surface area (Å²) in [6, 6.07) is 0. The molecule has 0 aliphatic rings. The molecule has 0 unspecified atom stereocenters. The molecule has 0 fully saturated rings. The van der Waals surface area contributed by atoms with Gasteiger partial charge in [0.1, 0.15) is 0 Å². The van der Waals surface area contributed by atoms with Gasteiger partial charge in [-0.3, -0.25) is 0 Å². The Labute approximate surface area is 95.1 Å². The quantitative estimate of drug-likeness (QED) is 0.295. The molecule has 0 atom stereocenters. The van der Waals surface area contributed by atoms with Gasteiger partial charge in [-0.15, -0.1) is 0 Å². The first kappa shape index (κ1) is 97.6. The summed E-state index contributed by atoms with van der Waals surface area (Å²) in [7, 11) is -5.39. The van der Waals surface area contributed by atoms with Crippen molar-refractivity contribution in [3.63, 3.8) is 0 Å². The van der Waals surface area contributed by atoms with E-state index in [1.165, 1.54) is 0 Å². The van der Waals surface area contributed by atoms with Crippen LogP contribution in [0.5, 0.6) is 0 Å². The molecule has 0 saturated heterocycles. The fraction of sp³-hybridized carbons (Fsp3) is 0. The molecule has 0 aliphatic heterocycles. The van der Waals surface area contributed by atoms with Gasteiger partial charge in [-0.05, 0) is 0 Å². The number of rotatable bonds is 0. The molecule has 14 N–H and O–H groups in total. The topological polar surface area (TPSA) is 307 Å². The molecule has 0 aromatic carbocycles. The SMILES string of the molecule is O.O.O.O.O.O.O.O=P([O-])([O-])[O-].[Na+]. The van der Waals surface area contributed by atoms with E-state index >= 15 is 0 Å². The molecular formula is H14NaO11P-2. The minimum absolute atomic E-state index is 0. The smallest absolute Gasteiger partial charge is 0.822 e. The average Bonchev–Trinajstić information content (AvgIpc) is 0.722. The second-order valence-electron chi connectivity index (χ2n) is 0.447. The Hall–Kier alpha value is 0.830.